The lowest BCUT2D eigenvalue weighted by Gasteiger charge is -2.12. The number of anilines is 1. The molecular formula is C22H28N2O3S. The lowest BCUT2D eigenvalue weighted by atomic mass is 10.2. The number of hydrogen-bond acceptors (Lipinski definition) is 4. The van der Waals surface area contributed by atoms with E-state index in [0.717, 1.165) is 17.9 Å². The Kier molecular flexibility index (Phi) is 9.28. The van der Waals surface area contributed by atoms with Crippen LogP contribution < -0.4 is 20.1 Å². The summed E-state index contributed by atoms with van der Waals surface area (Å²) in [6, 6.07) is 14.4. The highest BCUT2D eigenvalue weighted by Gasteiger charge is 2.08. The highest BCUT2D eigenvalue weighted by molar-refractivity contribution is 7.80. The zero-order chi connectivity index (χ0) is 20.2. The lowest BCUT2D eigenvalue weighted by Crippen LogP contribution is -2.34. The third-order valence-electron chi connectivity index (χ3n) is 4.19. The molecule has 0 aliphatic rings. The first-order chi connectivity index (χ1) is 13.6. The molecule has 0 bridgehead atoms. The van der Waals surface area contributed by atoms with Gasteiger partial charge in [0, 0.05) is 17.3 Å². The second-order valence-corrected chi connectivity index (χ2v) is 6.84. The van der Waals surface area contributed by atoms with Gasteiger partial charge in [-0.25, -0.2) is 0 Å². The number of nitrogens with one attached hydrogen (secondary N) is 2. The van der Waals surface area contributed by atoms with Gasteiger partial charge >= 0.3 is 0 Å². The predicted octanol–water partition coefficient (Wildman–Crippen LogP) is 5.17. The van der Waals surface area contributed by atoms with Crippen molar-refractivity contribution in [1.29, 1.82) is 0 Å². The van der Waals surface area contributed by atoms with E-state index >= 15 is 0 Å². The molecule has 6 heteroatoms. The fraction of sp³-hybridized carbons (Fsp3) is 0.364. The van der Waals surface area contributed by atoms with Crippen molar-refractivity contribution >= 4 is 28.9 Å². The minimum atomic E-state index is -0.278. The molecule has 2 aromatic rings. The van der Waals surface area contributed by atoms with Crippen LogP contribution in [0.2, 0.25) is 0 Å². The molecule has 2 rings (SSSR count). The summed E-state index contributed by atoms with van der Waals surface area (Å²) in [5.74, 6) is 1.20. The van der Waals surface area contributed by atoms with Crippen LogP contribution in [-0.4, -0.2) is 24.7 Å². The van der Waals surface area contributed by atoms with Gasteiger partial charge in [0.1, 0.15) is 11.5 Å². The van der Waals surface area contributed by atoms with Crippen LogP contribution in [0.3, 0.4) is 0 Å². The van der Waals surface area contributed by atoms with E-state index in [-0.39, 0.29) is 11.0 Å². The van der Waals surface area contributed by atoms with E-state index in [1.807, 2.05) is 24.3 Å². The highest BCUT2D eigenvalue weighted by atomic mass is 32.1. The van der Waals surface area contributed by atoms with Crippen molar-refractivity contribution in [2.75, 3.05) is 19.0 Å². The maximum absolute atomic E-state index is 12.3. The Hall–Kier alpha value is -2.60. The molecular weight excluding hydrogens is 372 g/mol. The number of unbranched alkanes of at least 4 members (excludes halogenated alkanes) is 4. The zero-order valence-electron chi connectivity index (χ0n) is 16.5. The van der Waals surface area contributed by atoms with E-state index in [1.165, 1.54) is 25.7 Å². The van der Waals surface area contributed by atoms with E-state index in [9.17, 15) is 4.79 Å². The summed E-state index contributed by atoms with van der Waals surface area (Å²) in [6.07, 6.45) is 6.01. The average molecular weight is 401 g/mol. The highest BCUT2D eigenvalue weighted by Crippen LogP contribution is 2.18. The summed E-state index contributed by atoms with van der Waals surface area (Å²) in [6.45, 7) is 2.91. The van der Waals surface area contributed by atoms with Crippen LogP contribution >= 0.6 is 12.2 Å². The van der Waals surface area contributed by atoms with Gasteiger partial charge in [0.15, 0.2) is 5.11 Å². The molecule has 0 saturated heterocycles. The molecule has 0 saturated carbocycles. The van der Waals surface area contributed by atoms with Gasteiger partial charge in [-0.15, -0.1) is 0 Å². The van der Waals surface area contributed by atoms with Crippen molar-refractivity contribution in [2.24, 2.45) is 0 Å². The molecule has 0 heterocycles. The first kappa shape index (κ1) is 21.7. The number of carbonyl (C=O) groups is 1. The summed E-state index contributed by atoms with van der Waals surface area (Å²) >= 11 is 5.24. The third kappa shape index (κ3) is 7.56. The van der Waals surface area contributed by atoms with Crippen molar-refractivity contribution < 1.29 is 14.3 Å². The number of rotatable bonds is 10. The zero-order valence-corrected chi connectivity index (χ0v) is 17.3. The van der Waals surface area contributed by atoms with Crippen LogP contribution in [0, 0.1) is 0 Å². The van der Waals surface area contributed by atoms with Gasteiger partial charge in [0.2, 0.25) is 0 Å². The number of benzene rings is 2. The molecule has 0 radical (unpaired) electrons. The Balaban J connectivity index is 1.80. The van der Waals surface area contributed by atoms with E-state index in [1.54, 1.807) is 31.4 Å². The van der Waals surface area contributed by atoms with Crippen LogP contribution in [-0.2, 0) is 0 Å². The van der Waals surface area contributed by atoms with Gasteiger partial charge in [-0.2, -0.15) is 0 Å². The molecule has 0 aliphatic carbocycles. The number of ether oxygens (including phenoxy) is 2. The van der Waals surface area contributed by atoms with Gasteiger partial charge < -0.3 is 14.8 Å². The number of methoxy groups -OCH3 is 1. The molecule has 0 fully saturated rings. The molecule has 150 valence electrons. The number of amides is 1. The van der Waals surface area contributed by atoms with Crippen molar-refractivity contribution in [3.8, 4) is 11.5 Å². The normalized spacial score (nSPS) is 10.2. The smallest absolute Gasteiger partial charge is 0.257 e. The Morgan fingerprint density at radius 1 is 1.00 bits per heavy atom. The van der Waals surface area contributed by atoms with Crippen molar-refractivity contribution in [2.45, 2.75) is 39.0 Å². The summed E-state index contributed by atoms with van der Waals surface area (Å²) < 4.78 is 10.9. The number of thiocarbonyl (C=S) groups is 1. The van der Waals surface area contributed by atoms with E-state index in [2.05, 4.69) is 17.6 Å². The Morgan fingerprint density at radius 3 is 2.46 bits per heavy atom. The Labute approximate surface area is 172 Å². The minimum absolute atomic E-state index is 0.234. The van der Waals surface area contributed by atoms with Crippen LogP contribution in [0.1, 0.15) is 49.4 Å². The number of carbonyl (C=O) groups excluding carboxylic acids is 1. The molecule has 2 N–H and O–H groups in total. The molecule has 1 amide bonds. The van der Waals surface area contributed by atoms with E-state index < -0.39 is 0 Å². The van der Waals surface area contributed by atoms with Gasteiger partial charge in [-0.1, -0.05) is 38.7 Å². The summed E-state index contributed by atoms with van der Waals surface area (Å²) in [4.78, 5) is 12.3. The van der Waals surface area contributed by atoms with Crippen molar-refractivity contribution in [3.63, 3.8) is 0 Å². The molecule has 0 spiro atoms. The van der Waals surface area contributed by atoms with Gasteiger partial charge in [0.25, 0.3) is 5.91 Å². The molecule has 0 atom stereocenters. The maximum atomic E-state index is 12.3. The van der Waals surface area contributed by atoms with Gasteiger partial charge in [-0.3, -0.25) is 10.1 Å². The summed E-state index contributed by atoms with van der Waals surface area (Å²) in [7, 11) is 1.58. The molecule has 2 aromatic carbocycles. The molecule has 0 aromatic heterocycles. The summed E-state index contributed by atoms with van der Waals surface area (Å²) in [5, 5.41) is 5.93. The first-order valence-electron chi connectivity index (χ1n) is 9.61. The monoisotopic (exact) mass is 400 g/mol. The first-order valence-corrected chi connectivity index (χ1v) is 10.0. The molecule has 28 heavy (non-hydrogen) atoms. The van der Waals surface area contributed by atoms with Crippen molar-refractivity contribution in [1.82, 2.24) is 5.32 Å². The second-order valence-electron chi connectivity index (χ2n) is 6.43. The molecule has 0 aliphatic heterocycles. The predicted molar refractivity (Wildman–Crippen MR) is 117 cm³/mol. The lowest BCUT2D eigenvalue weighted by molar-refractivity contribution is 0.0977. The SMILES string of the molecule is CCCCCCCOc1cccc(NC(=S)NC(=O)c2ccc(OC)cc2)c1. The Morgan fingerprint density at radius 2 is 1.75 bits per heavy atom. The van der Waals surface area contributed by atoms with Crippen molar-refractivity contribution in [3.05, 3.63) is 54.1 Å². The number of hydrogen-bond donors (Lipinski definition) is 2. The third-order valence-corrected chi connectivity index (χ3v) is 4.39. The standard InChI is InChI=1S/C22H28N2O3S/c1-3-4-5-6-7-15-27-20-10-8-9-18(16-20)23-22(28)24-21(25)17-11-13-19(26-2)14-12-17/h8-14,16H,3-7,15H2,1-2H3,(H2,23,24,25,28). The summed E-state index contributed by atoms with van der Waals surface area (Å²) in [5.41, 5.74) is 1.27. The maximum Gasteiger partial charge on any atom is 0.257 e. The van der Waals surface area contributed by atoms with Crippen LogP contribution in [0.15, 0.2) is 48.5 Å². The largest absolute Gasteiger partial charge is 0.497 e. The second kappa shape index (κ2) is 12.0. The van der Waals surface area contributed by atoms with Crippen LogP contribution in [0.4, 0.5) is 5.69 Å². The molecule has 0 unspecified atom stereocenters. The van der Waals surface area contributed by atoms with E-state index in [4.69, 9.17) is 21.7 Å². The molecule has 5 nitrogen and oxygen atoms in total. The minimum Gasteiger partial charge on any atom is -0.497 e. The van der Waals surface area contributed by atoms with E-state index in [0.29, 0.717) is 17.9 Å². The topological polar surface area (TPSA) is 59.6 Å². The van der Waals surface area contributed by atoms with Gasteiger partial charge in [-0.05, 0) is 55.0 Å². The quantitative estimate of drug-likeness (QED) is 0.425. The average Bonchev–Trinajstić information content (AvgIpc) is 2.71. The van der Waals surface area contributed by atoms with Crippen LogP contribution in [0.25, 0.3) is 0 Å². The fourth-order valence-electron chi connectivity index (χ4n) is 2.64. The van der Waals surface area contributed by atoms with Crippen LogP contribution in [0.5, 0.6) is 11.5 Å². The Bertz CT molecular complexity index is 763. The fourth-order valence-corrected chi connectivity index (χ4v) is 2.85. The van der Waals surface area contributed by atoms with Gasteiger partial charge in [0.05, 0.1) is 13.7 Å².